The number of alkyl halides is 3. The van der Waals surface area contributed by atoms with E-state index in [0.717, 1.165) is 0 Å². The molecular formula is C18H15Cl2F3N2O2. The van der Waals surface area contributed by atoms with E-state index in [-0.39, 0.29) is 28.6 Å². The average Bonchev–Trinajstić information content (AvgIpc) is 2.61. The Bertz CT molecular complexity index is 839. The van der Waals surface area contributed by atoms with Crippen molar-refractivity contribution in [3.63, 3.8) is 0 Å². The van der Waals surface area contributed by atoms with Gasteiger partial charge in [0.1, 0.15) is 6.54 Å². The van der Waals surface area contributed by atoms with Crippen molar-refractivity contribution in [1.82, 2.24) is 10.2 Å². The molecule has 0 radical (unpaired) electrons. The maximum absolute atomic E-state index is 12.5. The first-order valence-electron chi connectivity index (χ1n) is 7.71. The molecule has 0 saturated heterocycles. The van der Waals surface area contributed by atoms with Crippen molar-refractivity contribution < 1.29 is 22.8 Å². The summed E-state index contributed by atoms with van der Waals surface area (Å²) in [4.78, 5) is 25.6. The molecule has 2 aromatic rings. The number of benzene rings is 2. The maximum Gasteiger partial charge on any atom is 0.405 e. The number of amides is 2. The minimum atomic E-state index is -4.47. The molecule has 1 N–H and O–H groups in total. The van der Waals surface area contributed by atoms with Gasteiger partial charge in [-0.3, -0.25) is 9.59 Å². The molecule has 0 saturated carbocycles. The zero-order valence-corrected chi connectivity index (χ0v) is 15.6. The van der Waals surface area contributed by atoms with Crippen LogP contribution >= 0.6 is 23.2 Å². The van der Waals surface area contributed by atoms with Crippen molar-refractivity contribution in [2.24, 2.45) is 0 Å². The van der Waals surface area contributed by atoms with E-state index in [1.54, 1.807) is 30.6 Å². The third-order valence-corrected chi connectivity index (χ3v) is 4.16. The molecule has 0 aromatic heterocycles. The van der Waals surface area contributed by atoms with Crippen LogP contribution in [0.1, 0.15) is 26.3 Å². The van der Waals surface area contributed by atoms with E-state index in [4.69, 9.17) is 23.2 Å². The third kappa shape index (κ3) is 6.15. The van der Waals surface area contributed by atoms with Crippen LogP contribution in [0.15, 0.2) is 42.5 Å². The summed E-state index contributed by atoms with van der Waals surface area (Å²) in [6, 6.07) is 10.5. The largest absolute Gasteiger partial charge is 0.405 e. The van der Waals surface area contributed by atoms with Gasteiger partial charge in [-0.05, 0) is 35.9 Å². The van der Waals surface area contributed by atoms with E-state index in [2.05, 4.69) is 0 Å². The number of rotatable bonds is 5. The molecule has 2 amide bonds. The normalized spacial score (nSPS) is 11.2. The van der Waals surface area contributed by atoms with Gasteiger partial charge in [-0.25, -0.2) is 0 Å². The fourth-order valence-corrected chi connectivity index (χ4v) is 2.63. The Morgan fingerprint density at radius 3 is 2.30 bits per heavy atom. The van der Waals surface area contributed by atoms with Crippen molar-refractivity contribution in [2.75, 3.05) is 13.6 Å². The lowest BCUT2D eigenvalue weighted by molar-refractivity contribution is -0.123. The lowest BCUT2D eigenvalue weighted by atomic mass is 10.1. The molecule has 0 aliphatic rings. The molecule has 0 bridgehead atoms. The van der Waals surface area contributed by atoms with Crippen LogP contribution < -0.4 is 5.32 Å². The molecule has 0 fully saturated rings. The number of carbonyl (C=O) groups excluding carboxylic acids is 2. The van der Waals surface area contributed by atoms with Crippen molar-refractivity contribution in [3.8, 4) is 0 Å². The lowest BCUT2D eigenvalue weighted by Crippen LogP contribution is -2.33. The van der Waals surface area contributed by atoms with Crippen LogP contribution in [-0.2, 0) is 6.54 Å². The standard InChI is InChI=1S/C18H15Cl2F3N2O2/c1-25(17(27)14-8-13(19)6-7-15(14)20)9-11-2-4-12(5-3-11)16(26)24-10-18(21,22)23/h2-8H,9-10H2,1H3,(H,24,26). The van der Waals surface area contributed by atoms with Gasteiger partial charge in [-0.2, -0.15) is 13.2 Å². The summed E-state index contributed by atoms with van der Waals surface area (Å²) >= 11 is 11.9. The SMILES string of the molecule is CN(Cc1ccc(C(=O)NCC(F)(F)F)cc1)C(=O)c1cc(Cl)ccc1Cl. The Morgan fingerprint density at radius 1 is 1.07 bits per heavy atom. The molecule has 0 heterocycles. The number of halogens is 5. The Hall–Kier alpha value is -2.25. The molecule has 0 unspecified atom stereocenters. The highest BCUT2D eigenvalue weighted by molar-refractivity contribution is 6.35. The number of hydrogen-bond donors (Lipinski definition) is 1. The Balaban J connectivity index is 2.02. The number of nitrogens with one attached hydrogen (secondary N) is 1. The molecule has 2 aromatic carbocycles. The third-order valence-electron chi connectivity index (χ3n) is 3.59. The van der Waals surface area contributed by atoms with E-state index in [9.17, 15) is 22.8 Å². The highest BCUT2D eigenvalue weighted by atomic mass is 35.5. The van der Waals surface area contributed by atoms with Crippen LogP contribution in [0.25, 0.3) is 0 Å². The van der Waals surface area contributed by atoms with Crippen LogP contribution in [0.2, 0.25) is 10.0 Å². The highest BCUT2D eigenvalue weighted by Gasteiger charge is 2.27. The molecule has 2 rings (SSSR count). The number of nitrogens with zero attached hydrogens (tertiary/aromatic N) is 1. The van der Waals surface area contributed by atoms with Crippen LogP contribution in [-0.4, -0.2) is 36.5 Å². The van der Waals surface area contributed by atoms with Gasteiger partial charge in [0, 0.05) is 24.2 Å². The van der Waals surface area contributed by atoms with Crippen molar-refractivity contribution in [1.29, 1.82) is 0 Å². The molecule has 0 atom stereocenters. The van der Waals surface area contributed by atoms with Gasteiger partial charge in [0.15, 0.2) is 0 Å². The summed E-state index contributed by atoms with van der Waals surface area (Å²) in [6.07, 6.45) is -4.47. The summed E-state index contributed by atoms with van der Waals surface area (Å²) in [5.41, 5.74) is 1.04. The Labute approximate surface area is 163 Å². The molecule has 144 valence electrons. The van der Waals surface area contributed by atoms with Crippen LogP contribution in [0, 0.1) is 0 Å². The smallest absolute Gasteiger partial charge is 0.343 e. The first kappa shape index (κ1) is 21.1. The molecule has 4 nitrogen and oxygen atoms in total. The van der Waals surface area contributed by atoms with Gasteiger partial charge >= 0.3 is 6.18 Å². The summed E-state index contributed by atoms with van der Waals surface area (Å²) in [5, 5.41) is 2.45. The second kappa shape index (κ2) is 8.63. The van der Waals surface area contributed by atoms with Gasteiger partial charge in [-0.1, -0.05) is 35.3 Å². The van der Waals surface area contributed by atoms with Crippen molar-refractivity contribution >= 4 is 35.0 Å². The number of carbonyl (C=O) groups is 2. The average molecular weight is 419 g/mol. The van der Waals surface area contributed by atoms with E-state index in [0.29, 0.717) is 10.6 Å². The minimum absolute atomic E-state index is 0.0925. The van der Waals surface area contributed by atoms with E-state index in [1.807, 2.05) is 0 Å². The summed E-state index contributed by atoms with van der Waals surface area (Å²) in [5.74, 6) is -1.16. The second-order valence-corrected chi connectivity index (χ2v) is 6.62. The molecule has 0 aliphatic heterocycles. The van der Waals surface area contributed by atoms with Gasteiger partial charge in [0.2, 0.25) is 0 Å². The fourth-order valence-electron chi connectivity index (χ4n) is 2.26. The monoisotopic (exact) mass is 418 g/mol. The molecule has 9 heteroatoms. The topological polar surface area (TPSA) is 49.4 Å². The van der Waals surface area contributed by atoms with E-state index >= 15 is 0 Å². The van der Waals surface area contributed by atoms with Crippen LogP contribution in [0.5, 0.6) is 0 Å². The zero-order chi connectivity index (χ0) is 20.2. The first-order chi connectivity index (χ1) is 12.6. The predicted octanol–water partition coefficient (Wildman–Crippen LogP) is 4.56. The molecule has 0 spiro atoms. The first-order valence-corrected chi connectivity index (χ1v) is 8.47. The van der Waals surface area contributed by atoms with Gasteiger partial charge in [0.05, 0.1) is 10.6 Å². The van der Waals surface area contributed by atoms with Crippen LogP contribution in [0.4, 0.5) is 13.2 Å². The van der Waals surface area contributed by atoms with Crippen molar-refractivity contribution in [2.45, 2.75) is 12.7 Å². The highest BCUT2D eigenvalue weighted by Crippen LogP contribution is 2.22. The quantitative estimate of drug-likeness (QED) is 0.773. The van der Waals surface area contributed by atoms with E-state index < -0.39 is 18.6 Å². The fraction of sp³-hybridized carbons (Fsp3) is 0.222. The van der Waals surface area contributed by atoms with Gasteiger partial charge in [0.25, 0.3) is 11.8 Å². The van der Waals surface area contributed by atoms with Crippen molar-refractivity contribution in [3.05, 3.63) is 69.2 Å². The van der Waals surface area contributed by atoms with E-state index in [1.165, 1.54) is 29.2 Å². The maximum atomic E-state index is 12.5. The predicted molar refractivity (Wildman–Crippen MR) is 97.1 cm³/mol. The molecular weight excluding hydrogens is 404 g/mol. The summed E-state index contributed by atoms with van der Waals surface area (Å²) < 4.78 is 36.4. The Morgan fingerprint density at radius 2 is 1.70 bits per heavy atom. The number of hydrogen-bond acceptors (Lipinski definition) is 2. The summed E-state index contributed by atoms with van der Waals surface area (Å²) in [6.45, 7) is -1.18. The second-order valence-electron chi connectivity index (χ2n) is 5.78. The summed E-state index contributed by atoms with van der Waals surface area (Å²) in [7, 11) is 1.57. The zero-order valence-electron chi connectivity index (χ0n) is 14.1. The van der Waals surface area contributed by atoms with Gasteiger partial charge in [-0.15, -0.1) is 0 Å². The Kier molecular flexibility index (Phi) is 6.73. The minimum Gasteiger partial charge on any atom is -0.343 e. The molecule has 27 heavy (non-hydrogen) atoms. The molecule has 0 aliphatic carbocycles. The van der Waals surface area contributed by atoms with Gasteiger partial charge < -0.3 is 10.2 Å². The van der Waals surface area contributed by atoms with Crippen LogP contribution in [0.3, 0.4) is 0 Å². The lowest BCUT2D eigenvalue weighted by Gasteiger charge is -2.18.